The minimum Gasteiger partial charge on any atom is -0.343 e. The number of aromatic nitrogens is 1. The molecule has 0 aliphatic carbocycles. The number of rotatable bonds is 5. The third kappa shape index (κ3) is 4.78. The molecule has 0 bridgehead atoms. The maximum Gasteiger partial charge on any atom is 0.239 e. The van der Waals surface area contributed by atoms with E-state index in [1.807, 2.05) is 20.9 Å². The molecule has 2 aromatic rings. The maximum absolute atomic E-state index is 13.4. The molecular weight excluding hydrogens is 397 g/mol. The Kier molecular flexibility index (Phi) is 6.76. The third-order valence-electron chi connectivity index (χ3n) is 6.14. The summed E-state index contributed by atoms with van der Waals surface area (Å²) in [5.41, 5.74) is 2.66. The molecule has 2 heterocycles. The zero-order chi connectivity index (χ0) is 22.7. The van der Waals surface area contributed by atoms with Crippen LogP contribution in [0.3, 0.4) is 0 Å². The first-order valence-corrected chi connectivity index (χ1v) is 10.4. The van der Waals surface area contributed by atoms with E-state index in [0.29, 0.717) is 17.1 Å². The van der Waals surface area contributed by atoms with Gasteiger partial charge in [-0.05, 0) is 56.5 Å². The van der Waals surface area contributed by atoms with Gasteiger partial charge in [0.15, 0.2) is 0 Å². The number of carbonyl (C=O) groups is 2. The van der Waals surface area contributed by atoms with Crippen molar-refractivity contribution in [3.05, 3.63) is 46.9 Å². The summed E-state index contributed by atoms with van der Waals surface area (Å²) < 4.78 is 15.2. The van der Waals surface area contributed by atoms with Crippen molar-refractivity contribution in [2.75, 3.05) is 32.0 Å². The highest BCUT2D eigenvalue weighted by atomic mass is 19.1. The molecule has 1 aliphatic rings. The molecule has 1 N–H and O–H groups in total. The van der Waals surface area contributed by atoms with Crippen molar-refractivity contribution < 1.29 is 14.0 Å². The molecule has 1 aromatic heterocycles. The van der Waals surface area contributed by atoms with E-state index in [1.165, 1.54) is 12.1 Å². The number of halogens is 1. The molecule has 164 valence electrons. The Morgan fingerprint density at radius 1 is 1.23 bits per heavy atom. The second-order valence-corrected chi connectivity index (χ2v) is 8.04. The van der Waals surface area contributed by atoms with Crippen molar-refractivity contribution in [3.63, 3.8) is 0 Å². The molecule has 3 rings (SSSR count). The van der Waals surface area contributed by atoms with E-state index in [1.54, 1.807) is 28.5 Å². The van der Waals surface area contributed by atoms with Gasteiger partial charge in [0.2, 0.25) is 11.8 Å². The molecule has 0 spiro atoms. The molecule has 0 unspecified atom stereocenters. The Balaban J connectivity index is 1.75. The molecule has 0 radical (unpaired) electrons. The normalized spacial score (nSPS) is 14.8. The predicted octanol–water partition coefficient (Wildman–Crippen LogP) is 2.99. The van der Waals surface area contributed by atoms with Crippen molar-refractivity contribution in [2.24, 2.45) is 0 Å². The Bertz CT molecular complexity index is 1010. The van der Waals surface area contributed by atoms with Gasteiger partial charge >= 0.3 is 0 Å². The van der Waals surface area contributed by atoms with E-state index in [4.69, 9.17) is 0 Å². The summed E-state index contributed by atoms with van der Waals surface area (Å²) >= 11 is 0. The Hall–Kier alpha value is -3.18. The highest BCUT2D eigenvalue weighted by Crippen LogP contribution is 2.30. The Morgan fingerprint density at radius 2 is 1.84 bits per heavy atom. The topological polar surface area (TPSA) is 81.4 Å². The first-order chi connectivity index (χ1) is 14.7. The van der Waals surface area contributed by atoms with Crippen LogP contribution < -0.4 is 5.32 Å². The van der Waals surface area contributed by atoms with Gasteiger partial charge in [-0.3, -0.25) is 19.1 Å². The number of nitriles is 1. The molecule has 1 aliphatic heterocycles. The van der Waals surface area contributed by atoms with Crippen LogP contribution in [0.5, 0.6) is 0 Å². The van der Waals surface area contributed by atoms with E-state index < -0.39 is 0 Å². The summed E-state index contributed by atoms with van der Waals surface area (Å²) in [6.07, 6.45) is 1.63. The van der Waals surface area contributed by atoms with Crippen molar-refractivity contribution in [3.8, 4) is 11.8 Å². The van der Waals surface area contributed by atoms with Gasteiger partial charge in [0.1, 0.15) is 17.7 Å². The standard InChI is InChI=1S/C23H28FN5O2/c1-15-16(2)29(20-7-5-18(24)6-8-20)23(21(15)13-25)26-22(31)14-28-11-9-19(10-12-28)27(4)17(3)30/h5-8,19H,9-12,14H2,1-4H3,(H,26,31). The van der Waals surface area contributed by atoms with E-state index >= 15 is 0 Å². The number of nitrogens with zero attached hydrogens (tertiary/aromatic N) is 4. The minimum atomic E-state index is -0.352. The van der Waals surface area contributed by atoms with Crippen LogP contribution in [0.2, 0.25) is 0 Å². The van der Waals surface area contributed by atoms with Gasteiger partial charge in [-0.2, -0.15) is 5.26 Å². The van der Waals surface area contributed by atoms with Crippen LogP contribution in [0.15, 0.2) is 24.3 Å². The quantitative estimate of drug-likeness (QED) is 0.799. The van der Waals surface area contributed by atoms with Gasteiger partial charge in [0.05, 0.1) is 12.1 Å². The highest BCUT2D eigenvalue weighted by molar-refractivity contribution is 5.93. The number of nitrogens with one attached hydrogen (secondary N) is 1. The summed E-state index contributed by atoms with van der Waals surface area (Å²) in [6.45, 7) is 6.90. The second kappa shape index (κ2) is 9.31. The molecule has 0 saturated carbocycles. The van der Waals surface area contributed by atoms with Crippen LogP contribution in [0.1, 0.15) is 36.6 Å². The molecule has 31 heavy (non-hydrogen) atoms. The lowest BCUT2D eigenvalue weighted by Gasteiger charge is -2.36. The molecule has 2 amide bonds. The first-order valence-electron chi connectivity index (χ1n) is 10.4. The molecule has 7 nitrogen and oxygen atoms in total. The number of hydrogen-bond donors (Lipinski definition) is 1. The second-order valence-electron chi connectivity index (χ2n) is 8.04. The lowest BCUT2D eigenvalue weighted by molar-refractivity contribution is -0.130. The van der Waals surface area contributed by atoms with Crippen molar-refractivity contribution in [1.82, 2.24) is 14.4 Å². The fourth-order valence-corrected chi connectivity index (χ4v) is 4.07. The van der Waals surface area contributed by atoms with Crippen LogP contribution >= 0.6 is 0 Å². The van der Waals surface area contributed by atoms with Crippen molar-refractivity contribution in [1.29, 1.82) is 5.26 Å². The fourth-order valence-electron chi connectivity index (χ4n) is 4.07. The average molecular weight is 426 g/mol. The third-order valence-corrected chi connectivity index (χ3v) is 6.14. The number of anilines is 1. The molecule has 0 atom stereocenters. The van der Waals surface area contributed by atoms with Gasteiger partial charge in [-0.1, -0.05) is 0 Å². The molecular formula is C23H28FN5O2. The van der Waals surface area contributed by atoms with E-state index in [9.17, 15) is 19.2 Å². The lowest BCUT2D eigenvalue weighted by Crippen LogP contribution is -2.46. The summed E-state index contributed by atoms with van der Waals surface area (Å²) in [6, 6.07) is 8.32. The van der Waals surface area contributed by atoms with Crippen LogP contribution in [0.4, 0.5) is 10.2 Å². The van der Waals surface area contributed by atoms with E-state index in [0.717, 1.165) is 37.2 Å². The fraction of sp³-hybridized carbons (Fsp3) is 0.435. The molecule has 1 aromatic carbocycles. The highest BCUT2D eigenvalue weighted by Gasteiger charge is 2.26. The van der Waals surface area contributed by atoms with Crippen LogP contribution in [0, 0.1) is 31.0 Å². The van der Waals surface area contributed by atoms with E-state index in [-0.39, 0.29) is 30.2 Å². The van der Waals surface area contributed by atoms with Crippen molar-refractivity contribution in [2.45, 2.75) is 39.7 Å². The summed E-state index contributed by atoms with van der Waals surface area (Å²) in [5, 5.41) is 12.6. The number of piperidine rings is 1. The van der Waals surface area contributed by atoms with Gasteiger partial charge in [-0.25, -0.2) is 4.39 Å². The number of hydrogen-bond acceptors (Lipinski definition) is 4. The molecule has 1 fully saturated rings. The van der Waals surface area contributed by atoms with Crippen molar-refractivity contribution >= 4 is 17.6 Å². The Morgan fingerprint density at radius 3 is 2.39 bits per heavy atom. The maximum atomic E-state index is 13.4. The van der Waals surface area contributed by atoms with Gasteiger partial charge in [0.25, 0.3) is 0 Å². The largest absolute Gasteiger partial charge is 0.343 e. The smallest absolute Gasteiger partial charge is 0.239 e. The van der Waals surface area contributed by atoms with Crippen LogP contribution in [0.25, 0.3) is 5.69 Å². The monoisotopic (exact) mass is 425 g/mol. The SMILES string of the molecule is CC(=O)N(C)C1CCN(CC(=O)Nc2c(C#N)c(C)c(C)n2-c2ccc(F)cc2)CC1. The number of likely N-dealkylation sites (tertiary alicyclic amines) is 1. The van der Waals surface area contributed by atoms with E-state index in [2.05, 4.69) is 16.3 Å². The van der Waals surface area contributed by atoms with Gasteiger partial charge in [0, 0.05) is 44.5 Å². The Labute approximate surface area is 182 Å². The molecule has 8 heteroatoms. The minimum absolute atomic E-state index is 0.0486. The number of carbonyl (C=O) groups excluding carboxylic acids is 2. The van der Waals surface area contributed by atoms with Crippen LogP contribution in [-0.4, -0.2) is 58.9 Å². The lowest BCUT2D eigenvalue weighted by atomic mass is 10.0. The average Bonchev–Trinajstić information content (AvgIpc) is 2.97. The number of benzene rings is 1. The van der Waals surface area contributed by atoms with Gasteiger partial charge in [-0.15, -0.1) is 0 Å². The summed E-state index contributed by atoms with van der Waals surface area (Å²) in [5.74, 6) is -0.112. The summed E-state index contributed by atoms with van der Waals surface area (Å²) in [7, 11) is 1.81. The van der Waals surface area contributed by atoms with Gasteiger partial charge < -0.3 is 10.2 Å². The molecule has 1 saturated heterocycles. The number of amides is 2. The van der Waals surface area contributed by atoms with Crippen LogP contribution in [-0.2, 0) is 9.59 Å². The first kappa shape index (κ1) is 22.5. The summed E-state index contributed by atoms with van der Waals surface area (Å²) in [4.78, 5) is 28.2. The zero-order valence-corrected chi connectivity index (χ0v) is 18.4. The zero-order valence-electron chi connectivity index (χ0n) is 18.4. The predicted molar refractivity (Wildman–Crippen MR) is 116 cm³/mol.